The van der Waals surface area contributed by atoms with Crippen LogP contribution in [0.15, 0.2) is 52.7 Å². The summed E-state index contributed by atoms with van der Waals surface area (Å²) in [4.78, 5) is 19.3. The van der Waals surface area contributed by atoms with Gasteiger partial charge >= 0.3 is 0 Å². The summed E-state index contributed by atoms with van der Waals surface area (Å²) in [5.74, 6) is 0.791. The van der Waals surface area contributed by atoms with Gasteiger partial charge in [0.15, 0.2) is 0 Å². The first-order chi connectivity index (χ1) is 10.8. The molecule has 0 radical (unpaired) electrons. The molecule has 22 heavy (non-hydrogen) atoms. The minimum atomic E-state index is 0.254. The van der Waals surface area contributed by atoms with E-state index in [2.05, 4.69) is 34.5 Å². The number of piperazine rings is 1. The molecule has 5 heteroatoms. The van der Waals surface area contributed by atoms with Crippen molar-refractivity contribution in [3.05, 3.63) is 52.7 Å². The van der Waals surface area contributed by atoms with Gasteiger partial charge in [0.2, 0.25) is 5.91 Å². The molecule has 2 heterocycles. The van der Waals surface area contributed by atoms with E-state index < -0.39 is 0 Å². The Morgan fingerprint density at radius 1 is 1.05 bits per heavy atom. The molecule has 0 unspecified atom stereocenters. The fourth-order valence-electron chi connectivity index (χ4n) is 2.53. The third-order valence-electron chi connectivity index (χ3n) is 3.79. The van der Waals surface area contributed by atoms with E-state index >= 15 is 0 Å². The Morgan fingerprint density at radius 3 is 2.50 bits per heavy atom. The quantitative estimate of drug-likeness (QED) is 0.786. The van der Waals surface area contributed by atoms with Crippen molar-refractivity contribution in [2.24, 2.45) is 0 Å². The molecule has 1 amide bonds. The van der Waals surface area contributed by atoms with E-state index in [9.17, 15) is 4.79 Å². The summed E-state index contributed by atoms with van der Waals surface area (Å²) in [6.45, 7) is 4.65. The lowest BCUT2D eigenvalue weighted by Gasteiger charge is -2.34. The highest BCUT2D eigenvalue weighted by Crippen LogP contribution is 2.18. The molecular formula is C17H20N2OS2. The van der Waals surface area contributed by atoms with Gasteiger partial charge in [-0.1, -0.05) is 24.3 Å². The standard InChI is InChI=1S/C17H20N2OS2/c20-17(14-22-15-5-2-1-3-6-15)19-10-8-18(9-11-19)13-16-7-4-12-21-16/h1-7,12H,8-11,13-14H2. The maximum absolute atomic E-state index is 12.3. The van der Waals surface area contributed by atoms with E-state index in [1.807, 2.05) is 23.1 Å². The summed E-state index contributed by atoms with van der Waals surface area (Å²) in [6.07, 6.45) is 0. The number of benzene rings is 1. The Bertz CT molecular complexity index is 578. The predicted octanol–water partition coefficient (Wildman–Crippen LogP) is 3.18. The SMILES string of the molecule is O=C(CSc1ccccc1)N1CCN(Cc2cccs2)CC1. The second kappa shape index (κ2) is 7.81. The van der Waals surface area contributed by atoms with Gasteiger partial charge in [-0.15, -0.1) is 23.1 Å². The minimum absolute atomic E-state index is 0.254. The molecule has 0 spiro atoms. The first-order valence-electron chi connectivity index (χ1n) is 7.51. The first-order valence-corrected chi connectivity index (χ1v) is 9.38. The number of amides is 1. The summed E-state index contributed by atoms with van der Waals surface area (Å²) in [5, 5.41) is 2.12. The van der Waals surface area contributed by atoms with Crippen LogP contribution in [0.3, 0.4) is 0 Å². The van der Waals surface area contributed by atoms with Crippen LogP contribution in [-0.2, 0) is 11.3 Å². The predicted molar refractivity (Wildman–Crippen MR) is 93.3 cm³/mol. The van der Waals surface area contributed by atoms with Gasteiger partial charge < -0.3 is 4.90 Å². The van der Waals surface area contributed by atoms with Crippen LogP contribution in [0.1, 0.15) is 4.88 Å². The second-order valence-electron chi connectivity index (χ2n) is 5.34. The molecule has 3 rings (SSSR count). The summed E-state index contributed by atoms with van der Waals surface area (Å²) < 4.78 is 0. The largest absolute Gasteiger partial charge is 0.339 e. The van der Waals surface area contributed by atoms with Crippen molar-refractivity contribution in [1.82, 2.24) is 9.80 Å². The molecule has 1 aromatic carbocycles. The number of carbonyl (C=O) groups is 1. The molecule has 0 saturated carbocycles. The zero-order valence-corrected chi connectivity index (χ0v) is 14.1. The lowest BCUT2D eigenvalue weighted by molar-refractivity contribution is -0.130. The van der Waals surface area contributed by atoms with Crippen molar-refractivity contribution in [3.63, 3.8) is 0 Å². The van der Waals surface area contributed by atoms with E-state index in [0.717, 1.165) is 37.6 Å². The van der Waals surface area contributed by atoms with Crippen LogP contribution in [0.5, 0.6) is 0 Å². The van der Waals surface area contributed by atoms with Gasteiger partial charge in [0, 0.05) is 42.5 Å². The number of hydrogen-bond acceptors (Lipinski definition) is 4. The van der Waals surface area contributed by atoms with Crippen molar-refractivity contribution >= 4 is 29.0 Å². The summed E-state index contributed by atoms with van der Waals surface area (Å²) in [6, 6.07) is 14.4. The lowest BCUT2D eigenvalue weighted by Crippen LogP contribution is -2.48. The monoisotopic (exact) mass is 332 g/mol. The summed E-state index contributed by atoms with van der Waals surface area (Å²) in [5.41, 5.74) is 0. The van der Waals surface area contributed by atoms with Gasteiger partial charge in [0.1, 0.15) is 0 Å². The molecule has 2 aromatic rings. The van der Waals surface area contributed by atoms with Crippen molar-refractivity contribution in [3.8, 4) is 0 Å². The molecule has 1 fully saturated rings. The van der Waals surface area contributed by atoms with Crippen LogP contribution in [-0.4, -0.2) is 47.6 Å². The normalized spacial score (nSPS) is 15.9. The molecule has 1 aromatic heterocycles. The van der Waals surface area contributed by atoms with Gasteiger partial charge in [-0.25, -0.2) is 0 Å². The van der Waals surface area contributed by atoms with Crippen LogP contribution in [0.25, 0.3) is 0 Å². The Balaban J connectivity index is 1.42. The number of thiophene rings is 1. The molecule has 0 N–H and O–H groups in total. The van der Waals surface area contributed by atoms with Gasteiger partial charge in [0.25, 0.3) is 0 Å². The Labute approximate surface area is 139 Å². The molecule has 1 aliphatic rings. The first kappa shape index (κ1) is 15.6. The molecule has 0 aliphatic carbocycles. The molecular weight excluding hydrogens is 312 g/mol. The highest BCUT2D eigenvalue weighted by Gasteiger charge is 2.21. The summed E-state index contributed by atoms with van der Waals surface area (Å²) in [7, 11) is 0. The number of nitrogens with zero attached hydrogens (tertiary/aromatic N) is 2. The van der Waals surface area contributed by atoms with E-state index in [4.69, 9.17) is 0 Å². The third-order valence-corrected chi connectivity index (χ3v) is 5.65. The molecule has 1 saturated heterocycles. The highest BCUT2D eigenvalue weighted by atomic mass is 32.2. The molecule has 0 atom stereocenters. The average Bonchev–Trinajstić information content (AvgIpc) is 3.07. The Hall–Kier alpha value is -1.30. The van der Waals surface area contributed by atoms with Crippen molar-refractivity contribution < 1.29 is 4.79 Å². The van der Waals surface area contributed by atoms with Crippen molar-refractivity contribution in [2.45, 2.75) is 11.4 Å². The molecule has 3 nitrogen and oxygen atoms in total. The third kappa shape index (κ3) is 4.35. The summed E-state index contributed by atoms with van der Waals surface area (Å²) >= 11 is 3.43. The topological polar surface area (TPSA) is 23.6 Å². The van der Waals surface area contributed by atoms with Crippen molar-refractivity contribution in [1.29, 1.82) is 0 Å². The van der Waals surface area contributed by atoms with Gasteiger partial charge in [0.05, 0.1) is 5.75 Å². The Morgan fingerprint density at radius 2 is 1.82 bits per heavy atom. The molecule has 0 bridgehead atoms. The molecule has 1 aliphatic heterocycles. The number of carbonyl (C=O) groups excluding carboxylic acids is 1. The zero-order chi connectivity index (χ0) is 15.2. The minimum Gasteiger partial charge on any atom is -0.339 e. The van der Waals surface area contributed by atoms with Crippen LogP contribution < -0.4 is 0 Å². The molecule has 116 valence electrons. The zero-order valence-electron chi connectivity index (χ0n) is 12.5. The van der Waals surface area contributed by atoms with E-state index in [1.54, 1.807) is 23.1 Å². The van der Waals surface area contributed by atoms with Crippen LogP contribution in [0.4, 0.5) is 0 Å². The van der Waals surface area contributed by atoms with Crippen LogP contribution in [0, 0.1) is 0 Å². The van der Waals surface area contributed by atoms with Gasteiger partial charge in [-0.3, -0.25) is 9.69 Å². The number of hydrogen-bond donors (Lipinski definition) is 0. The van der Waals surface area contributed by atoms with Crippen LogP contribution in [0.2, 0.25) is 0 Å². The van der Waals surface area contributed by atoms with E-state index in [0.29, 0.717) is 5.75 Å². The fourth-order valence-corrected chi connectivity index (χ4v) is 4.10. The van der Waals surface area contributed by atoms with E-state index in [-0.39, 0.29) is 5.91 Å². The average molecular weight is 332 g/mol. The maximum Gasteiger partial charge on any atom is 0.233 e. The smallest absolute Gasteiger partial charge is 0.233 e. The van der Waals surface area contributed by atoms with Crippen LogP contribution >= 0.6 is 23.1 Å². The maximum atomic E-state index is 12.3. The second-order valence-corrected chi connectivity index (χ2v) is 7.42. The Kier molecular flexibility index (Phi) is 5.53. The fraction of sp³-hybridized carbons (Fsp3) is 0.353. The number of thioether (sulfide) groups is 1. The highest BCUT2D eigenvalue weighted by molar-refractivity contribution is 8.00. The lowest BCUT2D eigenvalue weighted by atomic mass is 10.3. The number of rotatable bonds is 5. The van der Waals surface area contributed by atoms with E-state index in [1.165, 1.54) is 4.88 Å². The van der Waals surface area contributed by atoms with Crippen molar-refractivity contribution in [2.75, 3.05) is 31.9 Å². The van der Waals surface area contributed by atoms with Gasteiger partial charge in [-0.05, 0) is 23.6 Å². The van der Waals surface area contributed by atoms with Gasteiger partial charge in [-0.2, -0.15) is 0 Å².